The predicted molar refractivity (Wildman–Crippen MR) is 343 cm³/mol. The molecule has 0 radical (unpaired) electrons. The van der Waals surface area contributed by atoms with Gasteiger partial charge in [-0.1, -0.05) is 283 Å². The van der Waals surface area contributed by atoms with Crippen LogP contribution >= 0.6 is 0 Å². The van der Waals surface area contributed by atoms with Gasteiger partial charge in [0.25, 0.3) is 0 Å². The lowest BCUT2D eigenvalue weighted by Crippen LogP contribution is -2.30. The summed E-state index contributed by atoms with van der Waals surface area (Å²) in [6.07, 6.45) is 93.2. The van der Waals surface area contributed by atoms with Gasteiger partial charge in [0, 0.05) is 19.3 Å². The minimum atomic E-state index is -0.797. The summed E-state index contributed by atoms with van der Waals surface area (Å²) in [5.74, 6) is -0.931. The maximum Gasteiger partial charge on any atom is 0.306 e. The zero-order chi connectivity index (χ0) is 57.1. The highest BCUT2D eigenvalue weighted by molar-refractivity contribution is 5.71. The first-order valence-electron chi connectivity index (χ1n) is 32.7. The van der Waals surface area contributed by atoms with Crippen LogP contribution in [0.15, 0.2) is 134 Å². The summed E-state index contributed by atoms with van der Waals surface area (Å²) in [4.78, 5) is 38.2. The van der Waals surface area contributed by atoms with Gasteiger partial charge in [0.2, 0.25) is 0 Å². The third-order valence-corrected chi connectivity index (χ3v) is 13.6. The summed E-state index contributed by atoms with van der Waals surface area (Å²) in [5, 5.41) is 0. The molecule has 0 bridgehead atoms. The molecule has 0 aliphatic carbocycles. The van der Waals surface area contributed by atoms with Crippen molar-refractivity contribution in [1.82, 2.24) is 0 Å². The van der Waals surface area contributed by atoms with Crippen molar-refractivity contribution < 1.29 is 28.6 Å². The Kier molecular flexibility index (Phi) is 62.3. The van der Waals surface area contributed by atoms with Crippen LogP contribution in [0.4, 0.5) is 0 Å². The molecule has 0 rings (SSSR count). The molecule has 0 aliphatic heterocycles. The quantitative estimate of drug-likeness (QED) is 0.0261. The van der Waals surface area contributed by atoms with Gasteiger partial charge in [-0.15, -0.1) is 0 Å². The van der Waals surface area contributed by atoms with Crippen molar-refractivity contribution in [3.63, 3.8) is 0 Å². The molecule has 0 amide bonds. The van der Waals surface area contributed by atoms with Crippen LogP contribution in [0, 0.1) is 0 Å². The third-order valence-electron chi connectivity index (χ3n) is 13.6. The fourth-order valence-corrected chi connectivity index (χ4v) is 8.76. The number of ether oxygens (including phenoxy) is 3. The lowest BCUT2D eigenvalue weighted by atomic mass is 10.1. The maximum absolute atomic E-state index is 12.9. The highest BCUT2D eigenvalue weighted by Crippen LogP contribution is 2.15. The zero-order valence-electron chi connectivity index (χ0n) is 51.3. The van der Waals surface area contributed by atoms with E-state index in [1.165, 1.54) is 122 Å². The van der Waals surface area contributed by atoms with Crippen LogP contribution in [-0.2, 0) is 28.6 Å². The van der Waals surface area contributed by atoms with Gasteiger partial charge in [-0.2, -0.15) is 0 Å². The fourth-order valence-electron chi connectivity index (χ4n) is 8.76. The smallest absolute Gasteiger partial charge is 0.306 e. The van der Waals surface area contributed by atoms with Crippen LogP contribution in [-0.4, -0.2) is 37.2 Å². The molecule has 1 unspecified atom stereocenters. The first-order valence-corrected chi connectivity index (χ1v) is 32.7. The summed E-state index contributed by atoms with van der Waals surface area (Å²) < 4.78 is 16.9. The summed E-state index contributed by atoms with van der Waals surface area (Å²) in [6.45, 7) is 6.47. The minimum Gasteiger partial charge on any atom is -0.462 e. The second-order valence-corrected chi connectivity index (χ2v) is 21.3. The molecule has 0 aromatic rings. The molecule has 1 atom stereocenters. The number of carbonyl (C=O) groups is 3. The van der Waals surface area contributed by atoms with Crippen molar-refractivity contribution in [3.8, 4) is 0 Å². The van der Waals surface area contributed by atoms with E-state index in [1.807, 2.05) is 0 Å². The van der Waals surface area contributed by atoms with Crippen LogP contribution in [0.1, 0.15) is 290 Å². The number of unbranched alkanes of at least 4 members (excludes halogenated alkanes) is 25. The lowest BCUT2D eigenvalue weighted by molar-refractivity contribution is -0.167. The van der Waals surface area contributed by atoms with E-state index in [2.05, 4.69) is 154 Å². The maximum atomic E-state index is 12.9. The zero-order valence-corrected chi connectivity index (χ0v) is 51.3. The number of esters is 3. The highest BCUT2D eigenvalue weighted by atomic mass is 16.6. The van der Waals surface area contributed by atoms with Crippen molar-refractivity contribution >= 4 is 17.9 Å². The van der Waals surface area contributed by atoms with Crippen LogP contribution < -0.4 is 0 Å². The molecule has 0 N–H and O–H groups in total. The largest absolute Gasteiger partial charge is 0.462 e. The first kappa shape index (κ1) is 74.5. The SMILES string of the molecule is CC/C=C\C/C=C\C/C=C\C/C=C\C/C=C\C/C=C\C/C=C\C/C=C\C/C=C\CCCCCC(=O)OCC(COC(=O)CCCCCCCCCCC)OC(=O)CCCCCCCCCCC/C=C\C/C=C\CCCCCCC. The number of allylic oxidation sites excluding steroid dienone is 22. The van der Waals surface area contributed by atoms with E-state index in [4.69, 9.17) is 14.2 Å². The molecule has 448 valence electrons. The summed E-state index contributed by atoms with van der Waals surface area (Å²) >= 11 is 0. The van der Waals surface area contributed by atoms with Crippen molar-refractivity contribution in [1.29, 1.82) is 0 Å². The van der Waals surface area contributed by atoms with Gasteiger partial charge >= 0.3 is 17.9 Å². The molecule has 6 heteroatoms. The highest BCUT2D eigenvalue weighted by Gasteiger charge is 2.19. The monoisotopic (exact) mass is 1090 g/mol. The Morgan fingerprint density at radius 2 is 0.494 bits per heavy atom. The molecular weight excluding hydrogens is 973 g/mol. The normalized spacial score (nSPS) is 13.0. The van der Waals surface area contributed by atoms with E-state index in [0.717, 1.165) is 128 Å². The van der Waals surface area contributed by atoms with Crippen molar-refractivity contribution in [2.45, 2.75) is 297 Å². The first-order chi connectivity index (χ1) is 39.0. The van der Waals surface area contributed by atoms with Gasteiger partial charge in [0.1, 0.15) is 13.2 Å². The molecule has 0 aromatic heterocycles. The van der Waals surface area contributed by atoms with Crippen LogP contribution in [0.25, 0.3) is 0 Å². The van der Waals surface area contributed by atoms with Crippen molar-refractivity contribution in [3.05, 3.63) is 134 Å². The van der Waals surface area contributed by atoms with Crippen LogP contribution in [0.2, 0.25) is 0 Å². The molecule has 0 heterocycles. The Bertz CT molecular complexity index is 1680. The topological polar surface area (TPSA) is 78.9 Å². The van der Waals surface area contributed by atoms with E-state index in [9.17, 15) is 14.4 Å². The van der Waals surface area contributed by atoms with Crippen LogP contribution in [0.5, 0.6) is 0 Å². The van der Waals surface area contributed by atoms with Gasteiger partial charge in [0.05, 0.1) is 0 Å². The van der Waals surface area contributed by atoms with E-state index in [0.29, 0.717) is 19.3 Å². The van der Waals surface area contributed by atoms with Gasteiger partial charge in [0.15, 0.2) is 6.10 Å². The minimum absolute atomic E-state index is 0.0918. The fraction of sp³-hybridized carbons (Fsp3) is 0.658. The molecule has 79 heavy (non-hydrogen) atoms. The Morgan fingerprint density at radius 3 is 0.785 bits per heavy atom. The van der Waals surface area contributed by atoms with Gasteiger partial charge in [-0.25, -0.2) is 0 Å². The predicted octanol–water partition coefficient (Wildman–Crippen LogP) is 22.5. The van der Waals surface area contributed by atoms with Gasteiger partial charge in [-0.3, -0.25) is 14.4 Å². The second-order valence-electron chi connectivity index (χ2n) is 21.3. The molecule has 0 spiro atoms. The Hall–Kier alpha value is -4.45. The third kappa shape index (κ3) is 64.3. The van der Waals surface area contributed by atoms with Crippen molar-refractivity contribution in [2.24, 2.45) is 0 Å². The molecule has 6 nitrogen and oxygen atoms in total. The van der Waals surface area contributed by atoms with E-state index < -0.39 is 6.10 Å². The van der Waals surface area contributed by atoms with Crippen LogP contribution in [0.3, 0.4) is 0 Å². The lowest BCUT2D eigenvalue weighted by Gasteiger charge is -2.18. The average Bonchev–Trinajstić information content (AvgIpc) is 3.45. The van der Waals surface area contributed by atoms with E-state index in [1.54, 1.807) is 0 Å². The van der Waals surface area contributed by atoms with E-state index in [-0.39, 0.29) is 31.1 Å². The Balaban J connectivity index is 4.31. The van der Waals surface area contributed by atoms with Gasteiger partial charge < -0.3 is 14.2 Å². The average molecular weight is 1090 g/mol. The molecule has 0 saturated heterocycles. The summed E-state index contributed by atoms with van der Waals surface area (Å²) in [6, 6.07) is 0. The Labute approximate surface area is 487 Å². The van der Waals surface area contributed by atoms with Gasteiger partial charge in [-0.05, 0) is 122 Å². The Morgan fingerprint density at radius 1 is 0.266 bits per heavy atom. The standard InChI is InChI=1S/C73H120O6/c1-4-7-10-13-16-19-21-23-25-27-29-31-32-33-34-35-36-37-38-39-40-42-43-45-47-49-51-54-57-60-63-66-72(75)78-69-70(68-77-71(74)65-62-59-56-53-18-15-12-9-6-3)79-73(76)67-64-61-58-55-52-50-48-46-44-41-30-28-26-24-22-20-17-14-11-8-5-2/h7,10,16,19,22-25,28-31,33-34,36-37,39-40,43,45,49,51,70H,4-6,8-9,11-15,17-18,20-21,26-27,32,35,38,41-42,44,46-48,50,52-69H2,1-3H3/b10-7-,19-16-,24-22-,25-23-,30-28-,31-29-,34-33-,37-36-,40-39-,45-43-,51-49-. The summed E-state index contributed by atoms with van der Waals surface area (Å²) in [5.41, 5.74) is 0. The molecular formula is C73H120O6. The second kappa shape index (κ2) is 66.1. The number of hydrogen-bond acceptors (Lipinski definition) is 6. The van der Waals surface area contributed by atoms with E-state index >= 15 is 0 Å². The molecule has 0 aliphatic rings. The molecule has 0 fully saturated rings. The number of hydrogen-bond donors (Lipinski definition) is 0. The molecule has 0 aromatic carbocycles. The van der Waals surface area contributed by atoms with Crippen molar-refractivity contribution in [2.75, 3.05) is 13.2 Å². The number of carbonyl (C=O) groups excluding carboxylic acids is 3. The number of rotatable bonds is 58. The molecule has 0 saturated carbocycles. The summed E-state index contributed by atoms with van der Waals surface area (Å²) in [7, 11) is 0.